The number of aliphatic carboxylic acids is 1. The number of esters is 1. The Morgan fingerprint density at radius 1 is 1.29 bits per heavy atom. The van der Waals surface area contributed by atoms with Crippen LogP contribution in [0.5, 0.6) is 0 Å². The van der Waals surface area contributed by atoms with Gasteiger partial charge in [0, 0.05) is 0 Å². The third kappa shape index (κ3) is 1.83. The Labute approximate surface area is 97.1 Å². The third-order valence-electron chi connectivity index (χ3n) is 3.33. The van der Waals surface area contributed by atoms with Gasteiger partial charge in [0.15, 0.2) is 6.61 Å². The number of rotatable bonds is 4. The summed E-state index contributed by atoms with van der Waals surface area (Å²) in [6.07, 6.45) is 4.17. The molecule has 0 aromatic carbocycles. The van der Waals surface area contributed by atoms with E-state index in [9.17, 15) is 9.59 Å². The molecule has 0 aromatic heterocycles. The summed E-state index contributed by atoms with van der Waals surface area (Å²) in [4.78, 5) is 22.8. The Morgan fingerprint density at radius 2 is 1.88 bits per heavy atom. The molecule has 1 aliphatic carbocycles. The number of epoxide rings is 2. The lowest BCUT2D eigenvalue weighted by Crippen LogP contribution is -2.33. The van der Waals surface area contributed by atoms with Crippen molar-refractivity contribution in [3.8, 4) is 0 Å². The van der Waals surface area contributed by atoms with Gasteiger partial charge >= 0.3 is 11.9 Å². The fourth-order valence-electron chi connectivity index (χ4n) is 2.07. The Hall–Kier alpha value is -1.40. The van der Waals surface area contributed by atoms with Crippen molar-refractivity contribution in [3.63, 3.8) is 0 Å². The van der Waals surface area contributed by atoms with E-state index in [0.717, 1.165) is 0 Å². The summed E-state index contributed by atoms with van der Waals surface area (Å²) in [5.74, 6) is -3.43. The van der Waals surface area contributed by atoms with Crippen molar-refractivity contribution in [1.29, 1.82) is 0 Å². The first-order valence-electron chi connectivity index (χ1n) is 5.52. The van der Waals surface area contributed by atoms with Gasteiger partial charge in [-0.3, -0.25) is 9.59 Å². The van der Waals surface area contributed by atoms with E-state index in [4.69, 9.17) is 19.3 Å². The molecule has 2 unspecified atom stereocenters. The normalized spacial score (nSPS) is 41.5. The third-order valence-corrected chi connectivity index (χ3v) is 3.33. The van der Waals surface area contributed by atoms with Crippen LogP contribution in [0.4, 0.5) is 0 Å². The first-order valence-corrected chi connectivity index (χ1v) is 5.52. The van der Waals surface area contributed by atoms with Crippen molar-refractivity contribution in [2.24, 2.45) is 11.8 Å². The predicted octanol–water partition coefficient (Wildman–Crippen LogP) is 0.279. The summed E-state index contributed by atoms with van der Waals surface area (Å²) in [5, 5.41) is 9.02. The average Bonchev–Trinajstić information content (AvgIpc) is 3.15. The Kier molecular flexibility index (Phi) is 2.24. The van der Waals surface area contributed by atoms with Crippen LogP contribution < -0.4 is 0 Å². The Balaban J connectivity index is 1.58. The molecule has 0 bridgehead atoms. The topological polar surface area (TPSA) is 88.7 Å². The molecule has 0 aromatic rings. The molecule has 92 valence electrons. The molecule has 2 heterocycles. The molecule has 0 spiro atoms. The molecule has 6 heteroatoms. The largest absolute Gasteiger partial charge is 0.481 e. The fourth-order valence-corrected chi connectivity index (χ4v) is 2.07. The zero-order chi connectivity index (χ0) is 12.0. The van der Waals surface area contributed by atoms with Gasteiger partial charge in [0.1, 0.15) is 0 Å². The first kappa shape index (κ1) is 10.7. The molecule has 0 radical (unpaired) electrons. The Bertz CT molecular complexity index is 395. The van der Waals surface area contributed by atoms with Gasteiger partial charge < -0.3 is 19.3 Å². The maximum absolute atomic E-state index is 11.8. The summed E-state index contributed by atoms with van der Waals surface area (Å²) in [7, 11) is 0. The minimum Gasteiger partial charge on any atom is -0.481 e. The number of carbonyl (C=O) groups excluding carboxylic acids is 1. The summed E-state index contributed by atoms with van der Waals surface area (Å²) in [6.45, 7) is 0.0586. The number of carboxylic acid groups (broad SMARTS) is 1. The highest BCUT2D eigenvalue weighted by Gasteiger charge is 2.78. The monoisotopic (exact) mass is 240 g/mol. The lowest BCUT2D eigenvalue weighted by molar-refractivity contribution is -0.163. The highest BCUT2D eigenvalue weighted by Crippen LogP contribution is 2.56. The van der Waals surface area contributed by atoms with Crippen molar-refractivity contribution in [1.82, 2.24) is 0 Å². The molecule has 2 fully saturated rings. The van der Waals surface area contributed by atoms with Gasteiger partial charge in [-0.25, -0.2) is 0 Å². The summed E-state index contributed by atoms with van der Waals surface area (Å²) in [5.41, 5.74) is 0. The molecule has 0 amide bonds. The number of hydrogen-bond acceptors (Lipinski definition) is 5. The molecule has 1 N–H and O–H groups in total. The molecule has 2 atom stereocenters. The van der Waals surface area contributed by atoms with Crippen LogP contribution in [0, 0.1) is 11.8 Å². The molecule has 17 heavy (non-hydrogen) atoms. The summed E-state index contributed by atoms with van der Waals surface area (Å²) >= 11 is 0. The predicted molar refractivity (Wildman–Crippen MR) is 52.6 cm³/mol. The van der Waals surface area contributed by atoms with Crippen LogP contribution in [-0.2, 0) is 23.8 Å². The number of fused-ring (bicyclic) bond motifs is 1. The van der Waals surface area contributed by atoms with Crippen LogP contribution in [0.1, 0.15) is 12.8 Å². The average molecular weight is 240 g/mol. The first-order chi connectivity index (χ1) is 8.12. The molecule has 6 nitrogen and oxygen atoms in total. The highest BCUT2D eigenvalue weighted by molar-refractivity contribution is 5.81. The second-order valence-electron chi connectivity index (χ2n) is 4.48. The van der Waals surface area contributed by atoms with Gasteiger partial charge in [0.25, 0.3) is 5.79 Å². The van der Waals surface area contributed by atoms with Gasteiger partial charge in [-0.15, -0.1) is 0 Å². The number of hydrogen-bond donors (Lipinski definition) is 1. The molecule has 2 saturated heterocycles. The lowest BCUT2D eigenvalue weighted by atomic mass is 9.83. The van der Waals surface area contributed by atoms with Gasteiger partial charge in [0.05, 0.1) is 11.8 Å². The highest BCUT2D eigenvalue weighted by atomic mass is 17.0. The van der Waals surface area contributed by atoms with Gasteiger partial charge in [-0.1, -0.05) is 12.2 Å². The van der Waals surface area contributed by atoms with Crippen molar-refractivity contribution in [3.05, 3.63) is 12.2 Å². The molecule has 3 aliphatic rings. The van der Waals surface area contributed by atoms with Crippen molar-refractivity contribution < 1.29 is 28.9 Å². The summed E-state index contributed by atoms with van der Waals surface area (Å²) in [6, 6.07) is 0. The quantitative estimate of drug-likeness (QED) is 0.431. The molecule has 3 rings (SSSR count). The zero-order valence-corrected chi connectivity index (χ0v) is 9.00. The van der Waals surface area contributed by atoms with Crippen LogP contribution in [0.15, 0.2) is 12.2 Å². The van der Waals surface area contributed by atoms with Crippen LogP contribution in [0.25, 0.3) is 0 Å². The molecule has 0 saturated carbocycles. The SMILES string of the molecule is O=C(O)C1CC=CCC1C(=O)OCC12OC1O2. The van der Waals surface area contributed by atoms with Crippen LogP contribution >= 0.6 is 0 Å². The van der Waals surface area contributed by atoms with Gasteiger partial charge in [-0.05, 0) is 12.8 Å². The second-order valence-corrected chi connectivity index (χ2v) is 4.48. The van der Waals surface area contributed by atoms with Gasteiger partial charge in [-0.2, -0.15) is 0 Å². The van der Waals surface area contributed by atoms with E-state index in [1.807, 2.05) is 6.08 Å². The minimum atomic E-state index is -0.960. The second kappa shape index (κ2) is 3.54. The smallest absolute Gasteiger partial charge is 0.310 e. The zero-order valence-electron chi connectivity index (χ0n) is 9.00. The maximum Gasteiger partial charge on any atom is 0.310 e. The summed E-state index contributed by atoms with van der Waals surface area (Å²) < 4.78 is 15.0. The van der Waals surface area contributed by atoms with Gasteiger partial charge in [0.2, 0.25) is 6.29 Å². The number of ether oxygens (including phenoxy) is 3. The fraction of sp³-hybridized carbons (Fsp3) is 0.636. The molecule has 2 aliphatic heterocycles. The van der Waals surface area contributed by atoms with E-state index < -0.39 is 29.6 Å². The standard InChI is InChI=1S/C11H12O6/c12-8(13)6-3-1-2-4-7(6)9(14)15-5-11-10(16-11)17-11/h1-2,6-7,10H,3-5H2,(H,12,13). The Morgan fingerprint density at radius 3 is 2.41 bits per heavy atom. The molecular formula is C11H12O6. The van der Waals surface area contributed by atoms with Crippen molar-refractivity contribution in [2.45, 2.75) is 24.9 Å². The van der Waals surface area contributed by atoms with E-state index in [1.165, 1.54) is 0 Å². The van der Waals surface area contributed by atoms with Crippen LogP contribution in [0.3, 0.4) is 0 Å². The minimum absolute atomic E-state index is 0.0586. The van der Waals surface area contributed by atoms with Crippen LogP contribution in [0.2, 0.25) is 0 Å². The number of allylic oxidation sites excluding steroid dienone is 2. The van der Waals surface area contributed by atoms with E-state index >= 15 is 0 Å². The van der Waals surface area contributed by atoms with Crippen LogP contribution in [-0.4, -0.2) is 35.7 Å². The van der Waals surface area contributed by atoms with E-state index in [-0.39, 0.29) is 12.9 Å². The number of carboxylic acids is 1. The maximum atomic E-state index is 11.8. The van der Waals surface area contributed by atoms with E-state index in [1.54, 1.807) is 6.08 Å². The number of carbonyl (C=O) groups is 2. The van der Waals surface area contributed by atoms with E-state index in [2.05, 4.69) is 0 Å². The lowest BCUT2D eigenvalue weighted by Gasteiger charge is -2.23. The van der Waals surface area contributed by atoms with Crippen molar-refractivity contribution >= 4 is 11.9 Å². The molecular weight excluding hydrogens is 228 g/mol. The van der Waals surface area contributed by atoms with Crippen molar-refractivity contribution in [2.75, 3.05) is 6.61 Å². The van der Waals surface area contributed by atoms with E-state index in [0.29, 0.717) is 12.8 Å².